The minimum Gasteiger partial charge on any atom is -0.465 e. The van der Waals surface area contributed by atoms with Gasteiger partial charge in [-0.25, -0.2) is 0 Å². The van der Waals surface area contributed by atoms with Crippen LogP contribution in [0.15, 0.2) is 12.2 Å². The molecule has 12 heavy (non-hydrogen) atoms. The maximum absolute atomic E-state index is 11.3. The average molecular weight is 164 g/mol. The summed E-state index contributed by atoms with van der Waals surface area (Å²) in [6.07, 6.45) is 2.27. The first-order chi connectivity index (χ1) is 5.77. The third-order valence-electron chi connectivity index (χ3n) is 3.78. The van der Waals surface area contributed by atoms with Crippen molar-refractivity contribution in [3.05, 3.63) is 12.2 Å². The molecule has 2 saturated carbocycles. The van der Waals surface area contributed by atoms with Gasteiger partial charge in [-0.05, 0) is 24.7 Å². The number of rotatable bonds is 0. The fraction of sp³-hybridized carbons (Fsp3) is 0.700. The number of allylic oxidation sites excluding steroid dienone is 1. The maximum Gasteiger partial charge on any atom is 0.309 e. The highest BCUT2D eigenvalue weighted by molar-refractivity contribution is 5.76. The molecule has 0 spiro atoms. The second-order valence-corrected chi connectivity index (χ2v) is 4.28. The highest BCUT2D eigenvalue weighted by atomic mass is 16.5. The Morgan fingerprint density at radius 1 is 1.50 bits per heavy atom. The van der Waals surface area contributed by atoms with E-state index < -0.39 is 0 Å². The van der Waals surface area contributed by atoms with Gasteiger partial charge in [0.15, 0.2) is 0 Å². The molecule has 1 aliphatic heterocycles. The van der Waals surface area contributed by atoms with Gasteiger partial charge in [-0.2, -0.15) is 0 Å². The van der Waals surface area contributed by atoms with Crippen LogP contribution in [-0.2, 0) is 9.53 Å². The van der Waals surface area contributed by atoms with Crippen molar-refractivity contribution < 1.29 is 9.53 Å². The standard InChI is InChI=1S/C10H12O2/c1-5-2-6-3-7(5)8-4-12-10(11)9(6)8/h6-9H,1-4H2. The van der Waals surface area contributed by atoms with Crippen molar-refractivity contribution in [3.63, 3.8) is 0 Å². The number of hydrogen-bond acceptors (Lipinski definition) is 2. The van der Waals surface area contributed by atoms with E-state index in [0.717, 1.165) is 6.42 Å². The number of ether oxygens (including phenoxy) is 1. The van der Waals surface area contributed by atoms with Gasteiger partial charge in [-0.1, -0.05) is 12.2 Å². The molecule has 2 aliphatic carbocycles. The van der Waals surface area contributed by atoms with Crippen LogP contribution in [0.4, 0.5) is 0 Å². The first-order valence-electron chi connectivity index (χ1n) is 4.61. The van der Waals surface area contributed by atoms with Gasteiger partial charge in [-0.15, -0.1) is 0 Å². The SMILES string of the molecule is C=C1CC2CC1C1COC(=O)C21. The van der Waals surface area contributed by atoms with E-state index in [-0.39, 0.29) is 11.9 Å². The lowest BCUT2D eigenvalue weighted by molar-refractivity contribution is -0.142. The number of fused-ring (bicyclic) bond motifs is 5. The fourth-order valence-corrected chi connectivity index (χ4v) is 3.28. The van der Waals surface area contributed by atoms with Crippen LogP contribution in [0.2, 0.25) is 0 Å². The smallest absolute Gasteiger partial charge is 0.309 e. The quantitative estimate of drug-likeness (QED) is 0.399. The molecule has 0 N–H and O–H groups in total. The van der Waals surface area contributed by atoms with Crippen molar-refractivity contribution >= 4 is 5.97 Å². The van der Waals surface area contributed by atoms with Gasteiger partial charge in [0.1, 0.15) is 0 Å². The summed E-state index contributed by atoms with van der Waals surface area (Å²) in [5.74, 6) is 1.96. The van der Waals surface area contributed by atoms with Crippen LogP contribution in [0, 0.1) is 23.7 Å². The molecule has 2 nitrogen and oxygen atoms in total. The Hall–Kier alpha value is -0.790. The van der Waals surface area contributed by atoms with E-state index in [1.807, 2.05) is 0 Å². The Kier molecular flexibility index (Phi) is 1.07. The monoisotopic (exact) mass is 164 g/mol. The normalized spacial score (nSPS) is 49.7. The fourth-order valence-electron chi connectivity index (χ4n) is 3.28. The van der Waals surface area contributed by atoms with Gasteiger partial charge in [0.25, 0.3) is 0 Å². The van der Waals surface area contributed by atoms with Crippen molar-refractivity contribution in [2.45, 2.75) is 12.8 Å². The zero-order chi connectivity index (χ0) is 8.29. The number of carbonyl (C=O) groups excluding carboxylic acids is 1. The van der Waals surface area contributed by atoms with Gasteiger partial charge < -0.3 is 4.74 Å². The zero-order valence-electron chi connectivity index (χ0n) is 6.95. The summed E-state index contributed by atoms with van der Waals surface area (Å²) in [6.45, 7) is 4.71. The Morgan fingerprint density at radius 2 is 2.33 bits per heavy atom. The molecule has 0 amide bonds. The van der Waals surface area contributed by atoms with Gasteiger partial charge in [0.05, 0.1) is 12.5 Å². The molecule has 3 rings (SSSR count). The van der Waals surface area contributed by atoms with Crippen molar-refractivity contribution in [2.75, 3.05) is 6.61 Å². The summed E-state index contributed by atoms with van der Waals surface area (Å²) >= 11 is 0. The van der Waals surface area contributed by atoms with Crippen LogP contribution < -0.4 is 0 Å². The lowest BCUT2D eigenvalue weighted by atomic mass is 9.79. The first kappa shape index (κ1) is 6.70. The average Bonchev–Trinajstić information content (AvgIpc) is 2.62. The summed E-state index contributed by atoms with van der Waals surface area (Å²) in [6, 6.07) is 0. The van der Waals surface area contributed by atoms with E-state index in [1.54, 1.807) is 0 Å². The summed E-state index contributed by atoms with van der Waals surface area (Å²) in [5, 5.41) is 0. The minimum absolute atomic E-state index is 0.0556. The van der Waals surface area contributed by atoms with E-state index in [1.165, 1.54) is 12.0 Å². The molecular formula is C10H12O2. The van der Waals surface area contributed by atoms with Crippen LogP contribution in [-0.4, -0.2) is 12.6 Å². The zero-order valence-corrected chi connectivity index (χ0v) is 6.95. The topological polar surface area (TPSA) is 26.3 Å². The molecule has 1 heterocycles. The van der Waals surface area contributed by atoms with Crippen LogP contribution in [0.5, 0.6) is 0 Å². The summed E-state index contributed by atoms with van der Waals surface area (Å²) < 4.78 is 5.07. The number of carbonyl (C=O) groups is 1. The predicted octanol–water partition coefficient (Wildman–Crippen LogP) is 1.37. The van der Waals surface area contributed by atoms with Crippen molar-refractivity contribution in [1.82, 2.24) is 0 Å². The molecule has 3 aliphatic rings. The Bertz CT molecular complexity index is 269. The van der Waals surface area contributed by atoms with E-state index >= 15 is 0 Å². The highest BCUT2D eigenvalue weighted by Gasteiger charge is 2.56. The second-order valence-electron chi connectivity index (χ2n) is 4.28. The number of hydrogen-bond donors (Lipinski definition) is 0. The molecule has 4 unspecified atom stereocenters. The van der Waals surface area contributed by atoms with E-state index in [4.69, 9.17) is 4.74 Å². The van der Waals surface area contributed by atoms with Gasteiger partial charge >= 0.3 is 5.97 Å². The van der Waals surface area contributed by atoms with Crippen molar-refractivity contribution in [3.8, 4) is 0 Å². The van der Waals surface area contributed by atoms with Gasteiger partial charge in [0, 0.05) is 5.92 Å². The molecule has 1 saturated heterocycles. The molecule has 64 valence electrons. The van der Waals surface area contributed by atoms with Crippen LogP contribution >= 0.6 is 0 Å². The lowest BCUT2D eigenvalue weighted by Crippen LogP contribution is -2.23. The third kappa shape index (κ3) is 0.598. The molecular weight excluding hydrogens is 152 g/mol. The summed E-state index contributed by atoms with van der Waals surface area (Å²) in [7, 11) is 0. The van der Waals surface area contributed by atoms with Crippen molar-refractivity contribution in [2.24, 2.45) is 23.7 Å². The maximum atomic E-state index is 11.3. The third-order valence-corrected chi connectivity index (χ3v) is 3.78. The van der Waals surface area contributed by atoms with E-state index in [0.29, 0.717) is 24.4 Å². The van der Waals surface area contributed by atoms with Crippen LogP contribution in [0.25, 0.3) is 0 Å². The lowest BCUT2D eigenvalue weighted by Gasteiger charge is -2.21. The largest absolute Gasteiger partial charge is 0.465 e. The Balaban J connectivity index is 1.99. The summed E-state index contributed by atoms with van der Waals surface area (Å²) in [5.41, 5.74) is 1.36. The number of cyclic esters (lactones) is 1. The molecule has 2 heteroatoms. The van der Waals surface area contributed by atoms with E-state index in [9.17, 15) is 4.79 Å². The molecule has 0 aromatic heterocycles. The molecule has 3 fully saturated rings. The summed E-state index contributed by atoms with van der Waals surface area (Å²) in [4.78, 5) is 11.3. The van der Waals surface area contributed by atoms with Crippen LogP contribution in [0.3, 0.4) is 0 Å². The van der Waals surface area contributed by atoms with Gasteiger partial charge in [0.2, 0.25) is 0 Å². The number of esters is 1. The molecule has 0 aromatic rings. The molecule has 0 aromatic carbocycles. The highest BCUT2D eigenvalue weighted by Crippen LogP contribution is 2.56. The molecule has 4 atom stereocenters. The van der Waals surface area contributed by atoms with E-state index in [2.05, 4.69) is 6.58 Å². The first-order valence-corrected chi connectivity index (χ1v) is 4.61. The molecule has 2 bridgehead atoms. The second kappa shape index (κ2) is 1.93. The Morgan fingerprint density at radius 3 is 3.17 bits per heavy atom. The predicted molar refractivity (Wildman–Crippen MR) is 43.3 cm³/mol. The van der Waals surface area contributed by atoms with Crippen molar-refractivity contribution in [1.29, 1.82) is 0 Å². The minimum atomic E-state index is 0.0556. The Labute approximate surface area is 71.6 Å². The molecule has 0 radical (unpaired) electrons. The van der Waals surface area contributed by atoms with Gasteiger partial charge in [-0.3, -0.25) is 4.79 Å². The van der Waals surface area contributed by atoms with Crippen LogP contribution in [0.1, 0.15) is 12.8 Å².